The van der Waals surface area contributed by atoms with Crippen molar-refractivity contribution in [1.29, 1.82) is 0 Å². The number of thiophene rings is 1. The van der Waals surface area contributed by atoms with Crippen LogP contribution < -0.4 is 11.1 Å². The second-order valence-corrected chi connectivity index (χ2v) is 4.88. The van der Waals surface area contributed by atoms with E-state index in [1.54, 1.807) is 18.4 Å². The molecule has 0 atom stereocenters. The topological polar surface area (TPSA) is 72.2 Å². The molecule has 0 aliphatic rings. The normalized spacial score (nSPS) is 10.2. The van der Waals surface area contributed by atoms with Gasteiger partial charge in [0.2, 0.25) is 0 Å². The van der Waals surface area contributed by atoms with E-state index < -0.39 is 17.6 Å². The summed E-state index contributed by atoms with van der Waals surface area (Å²) in [7, 11) is 0. The zero-order valence-corrected chi connectivity index (χ0v) is 10.9. The summed E-state index contributed by atoms with van der Waals surface area (Å²) in [6.45, 7) is 1.73. The van der Waals surface area contributed by atoms with Crippen LogP contribution in [0.5, 0.6) is 0 Å². The average Bonchev–Trinajstić information content (AvgIpc) is 2.76. The third-order valence-electron chi connectivity index (χ3n) is 2.53. The van der Waals surface area contributed by atoms with Crippen molar-refractivity contribution in [3.63, 3.8) is 0 Å². The van der Waals surface area contributed by atoms with E-state index in [4.69, 9.17) is 5.73 Å². The summed E-state index contributed by atoms with van der Waals surface area (Å²) < 4.78 is 13.6. The standard InChI is InChI=1S/C13H11FN2O2S/c1-7-2-3-8(10(14)6-7)12(18)16-13-9(11(15)17)4-5-19-13/h2-6H,1H3,(H2,15,17)(H,16,18). The zero-order chi connectivity index (χ0) is 14.0. The maximum atomic E-state index is 13.6. The third-order valence-corrected chi connectivity index (χ3v) is 3.36. The van der Waals surface area contributed by atoms with Crippen molar-refractivity contribution in [2.45, 2.75) is 6.92 Å². The molecule has 0 radical (unpaired) electrons. The maximum Gasteiger partial charge on any atom is 0.259 e. The Morgan fingerprint density at radius 1 is 1.26 bits per heavy atom. The molecule has 1 aromatic carbocycles. The second kappa shape index (κ2) is 5.19. The monoisotopic (exact) mass is 278 g/mol. The SMILES string of the molecule is Cc1ccc(C(=O)Nc2sccc2C(N)=O)c(F)c1. The van der Waals surface area contributed by atoms with Crippen molar-refractivity contribution >= 4 is 28.2 Å². The zero-order valence-electron chi connectivity index (χ0n) is 10.1. The Morgan fingerprint density at radius 2 is 2.00 bits per heavy atom. The Balaban J connectivity index is 2.26. The fourth-order valence-corrected chi connectivity index (χ4v) is 2.36. The van der Waals surface area contributed by atoms with Crippen molar-refractivity contribution in [3.05, 3.63) is 52.2 Å². The Morgan fingerprint density at radius 3 is 2.63 bits per heavy atom. The minimum atomic E-state index is -0.638. The van der Waals surface area contributed by atoms with Crippen molar-refractivity contribution in [3.8, 4) is 0 Å². The first kappa shape index (κ1) is 13.2. The predicted octanol–water partition coefficient (Wildman–Crippen LogP) is 2.55. The molecule has 1 aromatic heterocycles. The maximum absolute atomic E-state index is 13.6. The summed E-state index contributed by atoms with van der Waals surface area (Å²) in [5.41, 5.74) is 6.03. The molecule has 0 bridgehead atoms. The van der Waals surface area contributed by atoms with Crippen LogP contribution in [-0.4, -0.2) is 11.8 Å². The molecule has 0 aliphatic carbocycles. The Kier molecular flexibility index (Phi) is 3.62. The molecule has 1 heterocycles. The largest absolute Gasteiger partial charge is 0.366 e. The number of amides is 2. The van der Waals surface area contributed by atoms with E-state index in [9.17, 15) is 14.0 Å². The van der Waals surface area contributed by atoms with Crippen LogP contribution in [0.15, 0.2) is 29.6 Å². The average molecular weight is 278 g/mol. The van der Waals surface area contributed by atoms with Crippen molar-refractivity contribution in [1.82, 2.24) is 0 Å². The van der Waals surface area contributed by atoms with E-state index in [0.717, 1.165) is 16.9 Å². The highest BCUT2D eigenvalue weighted by molar-refractivity contribution is 7.14. The van der Waals surface area contributed by atoms with E-state index in [1.165, 1.54) is 18.2 Å². The number of hydrogen-bond acceptors (Lipinski definition) is 3. The number of halogens is 1. The molecule has 0 fully saturated rings. The van der Waals surface area contributed by atoms with Gasteiger partial charge in [0.05, 0.1) is 11.1 Å². The minimum absolute atomic E-state index is 0.0746. The highest BCUT2D eigenvalue weighted by atomic mass is 32.1. The lowest BCUT2D eigenvalue weighted by Crippen LogP contribution is -2.17. The lowest BCUT2D eigenvalue weighted by Gasteiger charge is -2.06. The first-order valence-corrected chi connectivity index (χ1v) is 6.32. The molecule has 2 amide bonds. The van der Waals surface area contributed by atoms with Crippen LogP contribution in [0, 0.1) is 12.7 Å². The van der Waals surface area contributed by atoms with Crippen LogP contribution >= 0.6 is 11.3 Å². The van der Waals surface area contributed by atoms with Gasteiger partial charge >= 0.3 is 0 Å². The van der Waals surface area contributed by atoms with Crippen LogP contribution in [0.4, 0.5) is 9.39 Å². The summed E-state index contributed by atoms with van der Waals surface area (Å²) in [5.74, 6) is -1.85. The van der Waals surface area contributed by atoms with Crippen molar-refractivity contribution in [2.24, 2.45) is 5.73 Å². The molecular formula is C13H11FN2O2S. The van der Waals surface area contributed by atoms with Crippen molar-refractivity contribution in [2.75, 3.05) is 5.32 Å². The summed E-state index contributed by atoms with van der Waals surface area (Å²) in [5, 5.41) is 4.43. The molecule has 0 saturated heterocycles. The van der Waals surface area contributed by atoms with Crippen LogP contribution in [0.3, 0.4) is 0 Å². The molecule has 19 heavy (non-hydrogen) atoms. The van der Waals surface area contributed by atoms with Crippen molar-refractivity contribution < 1.29 is 14.0 Å². The van der Waals surface area contributed by atoms with E-state index >= 15 is 0 Å². The first-order valence-electron chi connectivity index (χ1n) is 5.44. The molecule has 0 spiro atoms. The molecule has 2 rings (SSSR count). The Bertz CT molecular complexity index is 652. The highest BCUT2D eigenvalue weighted by Gasteiger charge is 2.16. The number of carbonyl (C=O) groups excluding carboxylic acids is 2. The highest BCUT2D eigenvalue weighted by Crippen LogP contribution is 2.23. The number of aryl methyl sites for hydroxylation is 1. The number of nitrogens with two attached hydrogens (primary N) is 1. The fraction of sp³-hybridized carbons (Fsp3) is 0.0769. The predicted molar refractivity (Wildman–Crippen MR) is 71.9 cm³/mol. The molecule has 6 heteroatoms. The van der Waals surface area contributed by atoms with Crippen LogP contribution in [-0.2, 0) is 0 Å². The minimum Gasteiger partial charge on any atom is -0.366 e. The summed E-state index contributed by atoms with van der Waals surface area (Å²) in [4.78, 5) is 23.0. The summed E-state index contributed by atoms with van der Waals surface area (Å²) in [6, 6.07) is 5.82. The Labute approximate surface area is 113 Å². The van der Waals surface area contributed by atoms with Gasteiger partial charge in [-0.2, -0.15) is 0 Å². The van der Waals surface area contributed by atoms with Crippen LogP contribution in [0.1, 0.15) is 26.3 Å². The number of primary amides is 1. The van der Waals surface area contributed by atoms with Gasteiger partial charge < -0.3 is 11.1 Å². The van der Waals surface area contributed by atoms with E-state index in [1.807, 2.05) is 0 Å². The molecule has 2 aromatic rings. The molecular weight excluding hydrogens is 267 g/mol. The first-order chi connectivity index (χ1) is 8.99. The second-order valence-electron chi connectivity index (χ2n) is 3.97. The lowest BCUT2D eigenvalue weighted by atomic mass is 10.1. The number of benzene rings is 1. The van der Waals surface area contributed by atoms with Gasteiger partial charge in [-0.3, -0.25) is 9.59 Å². The summed E-state index contributed by atoms with van der Waals surface area (Å²) in [6.07, 6.45) is 0. The molecule has 0 saturated carbocycles. The van der Waals surface area contributed by atoms with Crippen LogP contribution in [0.25, 0.3) is 0 Å². The number of nitrogens with one attached hydrogen (secondary N) is 1. The van der Waals surface area contributed by atoms with Gasteiger partial charge in [-0.25, -0.2) is 4.39 Å². The Hall–Kier alpha value is -2.21. The smallest absolute Gasteiger partial charge is 0.259 e. The van der Waals surface area contributed by atoms with Gasteiger partial charge in [0.25, 0.3) is 11.8 Å². The molecule has 4 nitrogen and oxygen atoms in total. The van der Waals surface area contributed by atoms with E-state index in [-0.39, 0.29) is 11.1 Å². The number of carbonyl (C=O) groups is 2. The molecule has 3 N–H and O–H groups in total. The fourth-order valence-electron chi connectivity index (χ4n) is 1.57. The van der Waals surface area contributed by atoms with Gasteiger partial charge in [0.15, 0.2) is 0 Å². The van der Waals surface area contributed by atoms with Crippen LogP contribution in [0.2, 0.25) is 0 Å². The third kappa shape index (κ3) is 2.79. The number of hydrogen-bond donors (Lipinski definition) is 2. The van der Waals surface area contributed by atoms with Gasteiger partial charge in [0.1, 0.15) is 10.8 Å². The molecule has 0 aliphatic heterocycles. The van der Waals surface area contributed by atoms with E-state index in [0.29, 0.717) is 5.00 Å². The molecule has 0 unspecified atom stereocenters. The van der Waals surface area contributed by atoms with Gasteiger partial charge in [0, 0.05) is 0 Å². The summed E-state index contributed by atoms with van der Waals surface area (Å²) >= 11 is 1.15. The number of anilines is 1. The van der Waals surface area contributed by atoms with E-state index in [2.05, 4.69) is 5.32 Å². The quantitative estimate of drug-likeness (QED) is 0.905. The van der Waals surface area contributed by atoms with Gasteiger partial charge in [-0.1, -0.05) is 6.07 Å². The number of rotatable bonds is 3. The lowest BCUT2D eigenvalue weighted by molar-refractivity contribution is 0.100. The van der Waals surface area contributed by atoms with Gasteiger partial charge in [-0.15, -0.1) is 11.3 Å². The van der Waals surface area contributed by atoms with Gasteiger partial charge in [-0.05, 0) is 36.1 Å². The molecule has 98 valence electrons.